The topological polar surface area (TPSA) is 92.3 Å². The molecule has 0 saturated heterocycles. The zero-order valence-electron chi connectivity index (χ0n) is 24.2. The third-order valence-corrected chi connectivity index (χ3v) is 9.34. The lowest BCUT2D eigenvalue weighted by Gasteiger charge is -2.23. The van der Waals surface area contributed by atoms with Crippen LogP contribution in [0.3, 0.4) is 0 Å². The fourth-order valence-corrected chi connectivity index (χ4v) is 6.56. The highest BCUT2D eigenvalue weighted by Crippen LogP contribution is 2.37. The minimum atomic E-state index is -3.64. The van der Waals surface area contributed by atoms with Gasteiger partial charge in [0.05, 0.1) is 29.3 Å². The number of hydrogen-bond acceptors (Lipinski definition) is 8. The number of methoxy groups -OCH3 is 2. The van der Waals surface area contributed by atoms with Crippen molar-refractivity contribution in [1.29, 1.82) is 0 Å². The number of ether oxygens (including phenoxy) is 2. The second-order valence-electron chi connectivity index (χ2n) is 9.57. The van der Waals surface area contributed by atoms with Crippen molar-refractivity contribution in [2.75, 3.05) is 59.4 Å². The number of unbranched alkanes of at least 4 members (excludes halogenated alkanes) is 2. The van der Waals surface area contributed by atoms with Crippen LogP contribution in [0.15, 0.2) is 41.3 Å². The lowest BCUT2D eigenvalue weighted by Crippen LogP contribution is -2.37. The summed E-state index contributed by atoms with van der Waals surface area (Å²) in [5.74, 6) is 0.916. The first-order valence-electron chi connectivity index (χ1n) is 13.3. The Balaban J connectivity index is 0.00000560. The van der Waals surface area contributed by atoms with E-state index in [-0.39, 0.29) is 23.2 Å². The molecule has 1 amide bonds. The number of thiazole rings is 1. The average Bonchev–Trinajstić information content (AvgIpc) is 3.34. The number of carbonyl (C=O) groups is 1. The lowest BCUT2D eigenvalue weighted by molar-refractivity contribution is 0.0985. The molecule has 0 fully saturated rings. The van der Waals surface area contributed by atoms with Gasteiger partial charge < -0.3 is 14.4 Å². The van der Waals surface area contributed by atoms with E-state index in [1.165, 1.54) is 23.5 Å². The first-order chi connectivity index (χ1) is 18.7. The van der Waals surface area contributed by atoms with Crippen LogP contribution in [-0.2, 0) is 10.0 Å². The fourth-order valence-electron chi connectivity index (χ4n) is 4.04. The number of rotatable bonds is 15. The van der Waals surface area contributed by atoms with Crippen molar-refractivity contribution in [3.05, 3.63) is 42.0 Å². The van der Waals surface area contributed by atoms with Gasteiger partial charge in [-0.05, 0) is 51.2 Å². The number of sulfonamides is 1. The number of anilines is 1. The molecule has 0 aliphatic carbocycles. The summed E-state index contributed by atoms with van der Waals surface area (Å²) in [6.45, 7) is 6.12. The number of benzene rings is 2. The minimum absolute atomic E-state index is 0. The van der Waals surface area contributed by atoms with E-state index in [9.17, 15) is 13.2 Å². The molecule has 3 rings (SSSR count). The van der Waals surface area contributed by atoms with Crippen LogP contribution >= 0.6 is 23.7 Å². The summed E-state index contributed by atoms with van der Waals surface area (Å²) < 4.78 is 40.0. The Morgan fingerprint density at radius 2 is 1.48 bits per heavy atom. The highest BCUT2D eigenvalue weighted by atomic mass is 35.5. The van der Waals surface area contributed by atoms with Crippen LogP contribution in [0.1, 0.15) is 49.9 Å². The summed E-state index contributed by atoms with van der Waals surface area (Å²) >= 11 is 1.39. The van der Waals surface area contributed by atoms with Gasteiger partial charge in [0, 0.05) is 43.9 Å². The predicted octanol–water partition coefficient (Wildman–Crippen LogP) is 5.53. The van der Waals surface area contributed by atoms with Crippen LogP contribution in [0, 0.1) is 0 Å². The zero-order chi connectivity index (χ0) is 28.6. The predicted molar refractivity (Wildman–Crippen MR) is 165 cm³/mol. The molecule has 222 valence electrons. The second kappa shape index (κ2) is 15.5. The molecule has 3 aromatic rings. The summed E-state index contributed by atoms with van der Waals surface area (Å²) in [4.78, 5) is 22.3. The molecule has 0 radical (unpaired) electrons. The largest absolute Gasteiger partial charge is 0.493 e. The Labute approximate surface area is 248 Å². The molecular formula is C28H41ClN4O5S2. The monoisotopic (exact) mass is 612 g/mol. The van der Waals surface area contributed by atoms with E-state index in [1.807, 2.05) is 38.9 Å². The Morgan fingerprint density at radius 1 is 0.900 bits per heavy atom. The molecule has 0 N–H and O–H groups in total. The summed E-state index contributed by atoms with van der Waals surface area (Å²) in [5.41, 5.74) is 1.10. The van der Waals surface area contributed by atoms with E-state index in [2.05, 4.69) is 0 Å². The van der Waals surface area contributed by atoms with Crippen molar-refractivity contribution in [1.82, 2.24) is 14.2 Å². The maximum absolute atomic E-state index is 13.7. The number of amides is 1. The van der Waals surface area contributed by atoms with Gasteiger partial charge in [-0.25, -0.2) is 13.4 Å². The van der Waals surface area contributed by atoms with Crippen LogP contribution in [0.25, 0.3) is 10.2 Å². The summed E-state index contributed by atoms with van der Waals surface area (Å²) in [5, 5.41) is 0.550. The van der Waals surface area contributed by atoms with E-state index in [1.54, 1.807) is 41.6 Å². The molecule has 1 heterocycles. The summed E-state index contributed by atoms with van der Waals surface area (Å²) in [7, 11) is 3.39. The van der Waals surface area contributed by atoms with Crippen LogP contribution in [-0.4, -0.2) is 83.0 Å². The Hall–Kier alpha value is -2.44. The van der Waals surface area contributed by atoms with Crippen LogP contribution in [0.4, 0.5) is 5.13 Å². The highest BCUT2D eigenvalue weighted by molar-refractivity contribution is 7.89. The number of aromatic nitrogens is 1. The third-order valence-electron chi connectivity index (χ3n) is 6.39. The molecule has 40 heavy (non-hydrogen) atoms. The highest BCUT2D eigenvalue weighted by Gasteiger charge is 2.26. The zero-order valence-corrected chi connectivity index (χ0v) is 26.6. The van der Waals surface area contributed by atoms with Crippen molar-refractivity contribution >= 4 is 55.0 Å². The molecule has 0 unspecified atom stereocenters. The van der Waals surface area contributed by atoms with Gasteiger partial charge in [0.1, 0.15) is 0 Å². The Kier molecular flexibility index (Phi) is 13.1. The average molecular weight is 613 g/mol. The molecule has 2 aromatic carbocycles. The number of hydrogen-bond donors (Lipinski definition) is 0. The van der Waals surface area contributed by atoms with Gasteiger partial charge in [-0.3, -0.25) is 9.69 Å². The molecule has 1 aromatic heterocycles. The molecule has 0 aliphatic heterocycles. The number of nitrogens with zero attached hydrogens (tertiary/aromatic N) is 4. The molecule has 0 spiro atoms. The number of carbonyl (C=O) groups excluding carboxylic acids is 1. The normalized spacial score (nSPS) is 11.6. The quantitative estimate of drug-likeness (QED) is 0.223. The molecule has 12 heteroatoms. The van der Waals surface area contributed by atoms with Crippen molar-refractivity contribution in [3.63, 3.8) is 0 Å². The lowest BCUT2D eigenvalue weighted by atomic mass is 10.2. The van der Waals surface area contributed by atoms with Gasteiger partial charge in [0.2, 0.25) is 10.0 Å². The Bertz CT molecular complexity index is 1300. The van der Waals surface area contributed by atoms with Crippen LogP contribution in [0.2, 0.25) is 0 Å². The summed E-state index contributed by atoms with van der Waals surface area (Å²) in [6, 6.07) is 9.90. The van der Waals surface area contributed by atoms with Crippen molar-refractivity contribution in [2.45, 2.75) is 44.4 Å². The molecule has 0 atom stereocenters. The number of halogens is 1. The van der Waals surface area contributed by atoms with Gasteiger partial charge in [-0.15, -0.1) is 12.4 Å². The van der Waals surface area contributed by atoms with E-state index >= 15 is 0 Å². The molecule has 0 bridgehead atoms. The van der Waals surface area contributed by atoms with E-state index in [0.29, 0.717) is 53.9 Å². The molecule has 0 saturated carbocycles. The SMILES string of the molecule is CCCCN(CCCC)S(=O)(=O)c1ccc(C(=O)N(CCN(C)C)c2nc3cc(OC)c(OC)cc3s2)cc1.Cl. The van der Waals surface area contributed by atoms with Crippen molar-refractivity contribution < 1.29 is 22.7 Å². The minimum Gasteiger partial charge on any atom is -0.493 e. The fraction of sp³-hybridized carbons (Fsp3) is 0.500. The van der Waals surface area contributed by atoms with Crippen LogP contribution < -0.4 is 14.4 Å². The standard InChI is InChI=1S/C28H40N4O5S2.ClH/c1-7-9-15-31(16-10-8-2)39(34,35)22-13-11-21(12-14-22)27(33)32(18-17-30(3)4)28-29-23-19-24(36-5)25(37-6)20-26(23)38-28;/h11-14,19-20H,7-10,15-18H2,1-6H3;1H. The number of fused-ring (bicyclic) bond motifs is 1. The first-order valence-corrected chi connectivity index (χ1v) is 15.5. The van der Waals surface area contributed by atoms with Crippen LogP contribution in [0.5, 0.6) is 11.5 Å². The van der Waals surface area contributed by atoms with Crippen molar-refractivity contribution in [2.24, 2.45) is 0 Å². The third kappa shape index (κ3) is 8.07. The number of likely N-dealkylation sites (N-methyl/N-ethyl adjacent to an activating group) is 1. The van der Waals surface area contributed by atoms with E-state index in [0.717, 1.165) is 30.4 Å². The van der Waals surface area contributed by atoms with Crippen molar-refractivity contribution in [3.8, 4) is 11.5 Å². The summed E-state index contributed by atoms with van der Waals surface area (Å²) in [6.07, 6.45) is 3.44. The van der Waals surface area contributed by atoms with Gasteiger partial charge in [-0.1, -0.05) is 38.0 Å². The van der Waals surface area contributed by atoms with Gasteiger partial charge in [0.25, 0.3) is 5.91 Å². The molecular weight excluding hydrogens is 572 g/mol. The smallest absolute Gasteiger partial charge is 0.260 e. The first kappa shape index (κ1) is 33.8. The second-order valence-corrected chi connectivity index (χ2v) is 12.5. The van der Waals surface area contributed by atoms with Gasteiger partial charge in [0.15, 0.2) is 16.6 Å². The molecule has 9 nitrogen and oxygen atoms in total. The van der Waals surface area contributed by atoms with Gasteiger partial charge >= 0.3 is 0 Å². The Morgan fingerprint density at radius 3 is 2.00 bits per heavy atom. The maximum Gasteiger partial charge on any atom is 0.260 e. The van der Waals surface area contributed by atoms with E-state index in [4.69, 9.17) is 14.5 Å². The maximum atomic E-state index is 13.7. The van der Waals surface area contributed by atoms with Gasteiger partial charge in [-0.2, -0.15) is 4.31 Å². The molecule has 0 aliphatic rings. The van der Waals surface area contributed by atoms with E-state index < -0.39 is 10.0 Å².